The number of benzene rings is 1. The first kappa shape index (κ1) is 18.6. The highest BCUT2D eigenvalue weighted by atomic mass is 16.6. The van der Waals surface area contributed by atoms with Crippen LogP contribution in [0.1, 0.15) is 20.9 Å². The van der Waals surface area contributed by atoms with Crippen LogP contribution in [0.15, 0.2) is 47.1 Å². The molecule has 9 heteroatoms. The lowest BCUT2D eigenvalue weighted by molar-refractivity contribution is -0.384. The smallest absolute Gasteiger partial charge is 0.287 e. The van der Waals surface area contributed by atoms with Gasteiger partial charge in [0, 0.05) is 57.0 Å². The summed E-state index contributed by atoms with van der Waals surface area (Å²) in [7, 11) is 0. The van der Waals surface area contributed by atoms with E-state index in [2.05, 4.69) is 10.2 Å². The first-order valence-corrected chi connectivity index (χ1v) is 8.62. The van der Waals surface area contributed by atoms with Crippen LogP contribution in [-0.2, 0) is 0 Å². The van der Waals surface area contributed by atoms with Gasteiger partial charge in [0.25, 0.3) is 17.5 Å². The van der Waals surface area contributed by atoms with Crippen molar-refractivity contribution in [1.29, 1.82) is 0 Å². The van der Waals surface area contributed by atoms with Crippen LogP contribution < -0.4 is 5.32 Å². The summed E-state index contributed by atoms with van der Waals surface area (Å²) in [6.45, 7) is 3.58. The minimum absolute atomic E-state index is 0.0909. The van der Waals surface area contributed by atoms with Gasteiger partial charge in [-0.3, -0.25) is 24.6 Å². The fourth-order valence-electron chi connectivity index (χ4n) is 2.93. The number of nitrogens with zero attached hydrogens (tertiary/aromatic N) is 3. The molecule has 1 aromatic carbocycles. The minimum Gasteiger partial charge on any atom is -0.459 e. The highest BCUT2D eigenvalue weighted by molar-refractivity contribution is 5.95. The first-order valence-electron chi connectivity index (χ1n) is 8.62. The number of hydrogen-bond donors (Lipinski definition) is 1. The molecule has 1 fully saturated rings. The van der Waals surface area contributed by atoms with Crippen LogP contribution in [0.3, 0.4) is 0 Å². The van der Waals surface area contributed by atoms with Crippen LogP contribution in [0, 0.1) is 10.1 Å². The van der Waals surface area contributed by atoms with Crippen LogP contribution in [0.25, 0.3) is 0 Å². The lowest BCUT2D eigenvalue weighted by atomic mass is 10.1. The molecule has 27 heavy (non-hydrogen) atoms. The second-order valence-corrected chi connectivity index (χ2v) is 6.17. The first-order chi connectivity index (χ1) is 13.0. The quantitative estimate of drug-likeness (QED) is 0.606. The molecule has 2 aromatic rings. The summed E-state index contributed by atoms with van der Waals surface area (Å²) >= 11 is 0. The zero-order chi connectivity index (χ0) is 19.2. The van der Waals surface area contributed by atoms with Crippen molar-refractivity contribution < 1.29 is 18.9 Å². The maximum absolute atomic E-state index is 12.5. The molecule has 0 saturated carbocycles. The number of non-ortho nitro benzene ring substituents is 1. The Labute approximate surface area is 155 Å². The standard InChI is InChI=1S/C18H20N4O5/c23-17(16-5-2-12-27-16)19-6-7-20-8-10-21(11-9-20)18(24)14-3-1-4-15(13-14)22(25)26/h1-5,12-13H,6-11H2,(H,19,23). The molecule has 2 heterocycles. The Morgan fingerprint density at radius 1 is 1.15 bits per heavy atom. The van der Waals surface area contributed by atoms with E-state index in [9.17, 15) is 19.7 Å². The molecule has 142 valence electrons. The molecule has 0 aliphatic carbocycles. The van der Waals surface area contributed by atoms with Crippen LogP contribution in [0.2, 0.25) is 0 Å². The molecule has 0 radical (unpaired) electrons. The van der Waals surface area contributed by atoms with Gasteiger partial charge in [-0.05, 0) is 18.2 Å². The lowest BCUT2D eigenvalue weighted by Crippen LogP contribution is -2.50. The van der Waals surface area contributed by atoms with Gasteiger partial charge in [-0.1, -0.05) is 6.07 Å². The maximum Gasteiger partial charge on any atom is 0.287 e. The highest BCUT2D eigenvalue weighted by Gasteiger charge is 2.23. The number of hydrogen-bond acceptors (Lipinski definition) is 6. The van der Waals surface area contributed by atoms with Crippen molar-refractivity contribution in [3.05, 3.63) is 64.1 Å². The Morgan fingerprint density at radius 3 is 2.59 bits per heavy atom. The number of nitrogens with one attached hydrogen (secondary N) is 1. The molecule has 0 bridgehead atoms. The second-order valence-electron chi connectivity index (χ2n) is 6.17. The van der Waals surface area contributed by atoms with Crippen molar-refractivity contribution >= 4 is 17.5 Å². The predicted molar refractivity (Wildman–Crippen MR) is 96.5 cm³/mol. The highest BCUT2D eigenvalue weighted by Crippen LogP contribution is 2.15. The Kier molecular flexibility index (Phi) is 5.82. The summed E-state index contributed by atoms with van der Waals surface area (Å²) in [4.78, 5) is 38.5. The Bertz CT molecular complexity index is 813. The third-order valence-electron chi connectivity index (χ3n) is 4.42. The average Bonchev–Trinajstić information content (AvgIpc) is 3.23. The van der Waals surface area contributed by atoms with Gasteiger partial charge in [0.05, 0.1) is 11.2 Å². The van der Waals surface area contributed by atoms with E-state index in [1.54, 1.807) is 23.1 Å². The van der Waals surface area contributed by atoms with Crippen molar-refractivity contribution in [3.8, 4) is 0 Å². The Hall–Kier alpha value is -3.20. The fraction of sp³-hybridized carbons (Fsp3) is 0.333. The van der Waals surface area contributed by atoms with E-state index >= 15 is 0 Å². The van der Waals surface area contributed by atoms with Gasteiger partial charge in [0.2, 0.25) is 0 Å². The normalized spacial score (nSPS) is 14.7. The third-order valence-corrected chi connectivity index (χ3v) is 4.42. The van der Waals surface area contributed by atoms with Crippen LogP contribution in [0.4, 0.5) is 5.69 Å². The van der Waals surface area contributed by atoms with E-state index in [0.29, 0.717) is 44.8 Å². The summed E-state index contributed by atoms with van der Waals surface area (Å²) in [5, 5.41) is 13.6. The molecule has 1 aliphatic heterocycles. The minimum atomic E-state index is -0.508. The van der Waals surface area contributed by atoms with E-state index in [1.807, 2.05) is 0 Å². The van der Waals surface area contributed by atoms with Crippen molar-refractivity contribution in [2.45, 2.75) is 0 Å². The summed E-state index contributed by atoms with van der Waals surface area (Å²) in [6, 6.07) is 9.04. The zero-order valence-electron chi connectivity index (χ0n) is 14.7. The van der Waals surface area contributed by atoms with Gasteiger partial charge in [-0.2, -0.15) is 0 Å². The van der Waals surface area contributed by atoms with Crippen molar-refractivity contribution in [2.24, 2.45) is 0 Å². The van der Waals surface area contributed by atoms with Gasteiger partial charge in [-0.25, -0.2) is 0 Å². The van der Waals surface area contributed by atoms with Crippen molar-refractivity contribution in [1.82, 2.24) is 15.1 Å². The number of nitro benzene ring substituents is 1. The van der Waals surface area contributed by atoms with Crippen LogP contribution >= 0.6 is 0 Å². The molecular weight excluding hydrogens is 352 g/mol. The van der Waals surface area contributed by atoms with Gasteiger partial charge < -0.3 is 14.6 Å². The molecule has 1 aliphatic rings. The number of amides is 2. The average molecular weight is 372 g/mol. The van der Waals surface area contributed by atoms with E-state index in [-0.39, 0.29) is 23.3 Å². The molecular formula is C18H20N4O5. The SMILES string of the molecule is O=C(NCCN1CCN(C(=O)c2cccc([N+](=O)[O-])c2)CC1)c1ccco1. The molecule has 9 nitrogen and oxygen atoms in total. The number of rotatable bonds is 6. The Balaban J connectivity index is 1.44. The number of carbonyl (C=O) groups is 2. The fourth-order valence-corrected chi connectivity index (χ4v) is 2.93. The van der Waals surface area contributed by atoms with Gasteiger partial charge >= 0.3 is 0 Å². The summed E-state index contributed by atoms with van der Waals surface area (Å²) in [6.07, 6.45) is 1.45. The number of furan rings is 1. The monoisotopic (exact) mass is 372 g/mol. The molecule has 1 saturated heterocycles. The molecule has 0 unspecified atom stereocenters. The molecule has 0 spiro atoms. The van der Waals surface area contributed by atoms with Crippen molar-refractivity contribution in [2.75, 3.05) is 39.3 Å². The van der Waals surface area contributed by atoms with Gasteiger partial charge in [-0.15, -0.1) is 0 Å². The van der Waals surface area contributed by atoms with Crippen molar-refractivity contribution in [3.63, 3.8) is 0 Å². The second kappa shape index (κ2) is 8.45. The third kappa shape index (κ3) is 4.70. The zero-order valence-corrected chi connectivity index (χ0v) is 14.7. The number of carbonyl (C=O) groups excluding carboxylic acids is 2. The predicted octanol–water partition coefficient (Wildman–Crippen LogP) is 1.38. The molecule has 2 amide bonds. The maximum atomic E-state index is 12.5. The summed E-state index contributed by atoms with van der Waals surface area (Å²) in [5.41, 5.74) is 0.232. The summed E-state index contributed by atoms with van der Waals surface area (Å²) in [5.74, 6) is -0.175. The van der Waals surface area contributed by atoms with Crippen LogP contribution in [0.5, 0.6) is 0 Å². The van der Waals surface area contributed by atoms with E-state index in [0.717, 1.165) is 0 Å². The Morgan fingerprint density at radius 2 is 1.93 bits per heavy atom. The lowest BCUT2D eigenvalue weighted by Gasteiger charge is -2.34. The van der Waals surface area contributed by atoms with E-state index in [4.69, 9.17) is 4.42 Å². The van der Waals surface area contributed by atoms with Crippen LogP contribution in [-0.4, -0.2) is 65.8 Å². The molecule has 0 atom stereocenters. The number of piperazine rings is 1. The van der Waals surface area contributed by atoms with E-state index in [1.165, 1.54) is 24.5 Å². The van der Waals surface area contributed by atoms with E-state index < -0.39 is 4.92 Å². The van der Waals surface area contributed by atoms with Gasteiger partial charge in [0.15, 0.2) is 5.76 Å². The molecule has 3 rings (SSSR count). The number of nitro groups is 1. The topological polar surface area (TPSA) is 109 Å². The molecule has 1 N–H and O–H groups in total. The largest absolute Gasteiger partial charge is 0.459 e. The molecule has 1 aromatic heterocycles. The summed E-state index contributed by atoms with van der Waals surface area (Å²) < 4.78 is 5.03. The van der Waals surface area contributed by atoms with Gasteiger partial charge in [0.1, 0.15) is 0 Å².